The number of ether oxygens (including phenoxy) is 1. The average molecular weight is 261 g/mol. The lowest BCUT2D eigenvalue weighted by molar-refractivity contribution is -0.135. The van der Waals surface area contributed by atoms with Crippen LogP contribution in [-0.2, 0) is 9.53 Å². The van der Waals surface area contributed by atoms with Crippen LogP contribution >= 0.6 is 0 Å². The summed E-state index contributed by atoms with van der Waals surface area (Å²) < 4.78 is 5.20. The van der Waals surface area contributed by atoms with E-state index in [0.29, 0.717) is 31.9 Å². The number of rotatable bonds is 4. The summed E-state index contributed by atoms with van der Waals surface area (Å²) >= 11 is 0. The SMILES string of the molecule is Cc1ccc(C(=O)CCC(=O)N2CCOCC2)cc1. The molecule has 1 heterocycles. The van der Waals surface area contributed by atoms with Crippen LogP contribution in [0, 0.1) is 6.92 Å². The van der Waals surface area contributed by atoms with Gasteiger partial charge in [-0.1, -0.05) is 29.8 Å². The molecule has 1 aromatic rings. The molecular formula is C15H19NO3. The van der Waals surface area contributed by atoms with Gasteiger partial charge in [0.25, 0.3) is 0 Å². The van der Waals surface area contributed by atoms with Crippen LogP contribution in [0.1, 0.15) is 28.8 Å². The Labute approximate surface area is 113 Å². The first kappa shape index (κ1) is 13.7. The molecule has 4 nitrogen and oxygen atoms in total. The lowest BCUT2D eigenvalue weighted by atomic mass is 10.0. The minimum Gasteiger partial charge on any atom is -0.378 e. The maximum atomic E-state index is 11.9. The average Bonchev–Trinajstić information content (AvgIpc) is 2.46. The Kier molecular flexibility index (Phi) is 4.68. The molecule has 0 aromatic heterocycles. The quantitative estimate of drug-likeness (QED) is 0.777. The fourth-order valence-electron chi connectivity index (χ4n) is 2.08. The second kappa shape index (κ2) is 6.48. The number of hydrogen-bond acceptors (Lipinski definition) is 3. The van der Waals surface area contributed by atoms with Crippen LogP contribution in [-0.4, -0.2) is 42.9 Å². The highest BCUT2D eigenvalue weighted by Crippen LogP contribution is 2.09. The van der Waals surface area contributed by atoms with Crippen molar-refractivity contribution in [1.82, 2.24) is 4.90 Å². The zero-order valence-corrected chi connectivity index (χ0v) is 11.2. The molecular weight excluding hydrogens is 242 g/mol. The number of carbonyl (C=O) groups excluding carboxylic acids is 2. The van der Waals surface area contributed by atoms with Gasteiger partial charge in [0, 0.05) is 31.5 Å². The summed E-state index contributed by atoms with van der Waals surface area (Å²) in [6.07, 6.45) is 0.561. The third-order valence-corrected chi connectivity index (χ3v) is 3.30. The zero-order valence-electron chi connectivity index (χ0n) is 11.2. The molecule has 1 aliphatic heterocycles. The maximum absolute atomic E-state index is 11.9. The summed E-state index contributed by atoms with van der Waals surface area (Å²) in [5, 5.41) is 0. The van der Waals surface area contributed by atoms with E-state index in [1.807, 2.05) is 31.2 Å². The second-order valence-corrected chi connectivity index (χ2v) is 4.78. The van der Waals surface area contributed by atoms with Crippen molar-refractivity contribution in [2.45, 2.75) is 19.8 Å². The standard InChI is InChI=1S/C15H19NO3/c1-12-2-4-13(5-3-12)14(17)6-7-15(18)16-8-10-19-11-9-16/h2-5H,6-11H2,1H3. The van der Waals surface area contributed by atoms with Gasteiger partial charge in [0.15, 0.2) is 5.78 Å². The Hall–Kier alpha value is -1.68. The molecule has 0 radical (unpaired) electrons. The van der Waals surface area contributed by atoms with E-state index in [0.717, 1.165) is 5.56 Å². The molecule has 102 valence electrons. The van der Waals surface area contributed by atoms with E-state index < -0.39 is 0 Å². The molecule has 0 saturated carbocycles. The summed E-state index contributed by atoms with van der Waals surface area (Å²) in [4.78, 5) is 25.6. The van der Waals surface area contributed by atoms with Crippen LogP contribution in [0.5, 0.6) is 0 Å². The minimum absolute atomic E-state index is 0.0293. The van der Waals surface area contributed by atoms with E-state index in [4.69, 9.17) is 4.74 Å². The largest absolute Gasteiger partial charge is 0.378 e. The van der Waals surface area contributed by atoms with Gasteiger partial charge in [0.2, 0.25) is 5.91 Å². The summed E-state index contributed by atoms with van der Waals surface area (Å²) in [6, 6.07) is 7.46. The van der Waals surface area contributed by atoms with Crippen LogP contribution in [0.25, 0.3) is 0 Å². The molecule has 0 bridgehead atoms. The Morgan fingerprint density at radius 2 is 1.74 bits per heavy atom. The van der Waals surface area contributed by atoms with Gasteiger partial charge >= 0.3 is 0 Å². The van der Waals surface area contributed by atoms with Crippen LogP contribution in [0.2, 0.25) is 0 Å². The van der Waals surface area contributed by atoms with Gasteiger partial charge < -0.3 is 9.64 Å². The van der Waals surface area contributed by atoms with Crippen molar-refractivity contribution in [3.05, 3.63) is 35.4 Å². The van der Waals surface area contributed by atoms with Crippen molar-refractivity contribution < 1.29 is 14.3 Å². The van der Waals surface area contributed by atoms with Gasteiger partial charge in [-0.05, 0) is 6.92 Å². The monoisotopic (exact) mass is 261 g/mol. The van der Waals surface area contributed by atoms with E-state index in [2.05, 4.69) is 0 Å². The third-order valence-electron chi connectivity index (χ3n) is 3.30. The van der Waals surface area contributed by atoms with Gasteiger partial charge in [-0.3, -0.25) is 9.59 Å². The third kappa shape index (κ3) is 3.89. The van der Waals surface area contributed by atoms with Crippen molar-refractivity contribution in [2.75, 3.05) is 26.3 Å². The molecule has 1 amide bonds. The molecule has 1 saturated heterocycles. The van der Waals surface area contributed by atoms with Gasteiger partial charge in [-0.2, -0.15) is 0 Å². The zero-order chi connectivity index (χ0) is 13.7. The fraction of sp³-hybridized carbons (Fsp3) is 0.467. The number of hydrogen-bond donors (Lipinski definition) is 0. The molecule has 0 N–H and O–H groups in total. The Morgan fingerprint density at radius 3 is 2.37 bits per heavy atom. The smallest absolute Gasteiger partial charge is 0.223 e. The predicted octanol–water partition coefficient (Wildman–Crippen LogP) is 1.82. The molecule has 19 heavy (non-hydrogen) atoms. The van der Waals surface area contributed by atoms with Crippen LogP contribution < -0.4 is 0 Å². The number of aryl methyl sites for hydroxylation is 1. The number of nitrogens with zero attached hydrogens (tertiary/aromatic N) is 1. The van der Waals surface area contributed by atoms with E-state index >= 15 is 0 Å². The molecule has 1 aromatic carbocycles. The molecule has 0 atom stereocenters. The Morgan fingerprint density at radius 1 is 1.11 bits per heavy atom. The van der Waals surface area contributed by atoms with Gasteiger partial charge in [0.05, 0.1) is 13.2 Å². The van der Waals surface area contributed by atoms with E-state index in [1.165, 1.54) is 0 Å². The normalized spacial score (nSPS) is 15.3. The van der Waals surface area contributed by atoms with Gasteiger partial charge in [0.1, 0.15) is 0 Å². The molecule has 1 fully saturated rings. The topological polar surface area (TPSA) is 46.6 Å². The molecule has 4 heteroatoms. The summed E-state index contributed by atoms with van der Waals surface area (Å²) in [5.74, 6) is 0.0744. The van der Waals surface area contributed by atoms with Crippen molar-refractivity contribution in [1.29, 1.82) is 0 Å². The molecule has 0 spiro atoms. The highest BCUT2D eigenvalue weighted by atomic mass is 16.5. The van der Waals surface area contributed by atoms with Crippen LogP contribution in [0.4, 0.5) is 0 Å². The van der Waals surface area contributed by atoms with Crippen LogP contribution in [0.3, 0.4) is 0 Å². The first-order chi connectivity index (χ1) is 9.16. The molecule has 0 aliphatic carbocycles. The van der Waals surface area contributed by atoms with Gasteiger partial charge in [-0.25, -0.2) is 0 Å². The van der Waals surface area contributed by atoms with E-state index in [-0.39, 0.29) is 24.5 Å². The predicted molar refractivity (Wildman–Crippen MR) is 72.1 cm³/mol. The lowest BCUT2D eigenvalue weighted by Crippen LogP contribution is -2.40. The summed E-state index contributed by atoms with van der Waals surface area (Å²) in [5.41, 5.74) is 1.81. The number of morpholine rings is 1. The fourth-order valence-corrected chi connectivity index (χ4v) is 2.08. The first-order valence-corrected chi connectivity index (χ1v) is 6.62. The maximum Gasteiger partial charge on any atom is 0.223 e. The second-order valence-electron chi connectivity index (χ2n) is 4.78. The number of benzene rings is 1. The highest BCUT2D eigenvalue weighted by Gasteiger charge is 2.17. The number of ketones is 1. The number of amides is 1. The van der Waals surface area contributed by atoms with Crippen LogP contribution in [0.15, 0.2) is 24.3 Å². The Bertz CT molecular complexity index is 447. The van der Waals surface area contributed by atoms with E-state index in [9.17, 15) is 9.59 Å². The van der Waals surface area contributed by atoms with Crippen molar-refractivity contribution >= 4 is 11.7 Å². The number of Topliss-reactive ketones (excluding diaryl/α,β-unsaturated/α-hetero) is 1. The first-order valence-electron chi connectivity index (χ1n) is 6.62. The molecule has 2 rings (SSSR count). The lowest BCUT2D eigenvalue weighted by Gasteiger charge is -2.26. The van der Waals surface area contributed by atoms with Crippen molar-refractivity contribution in [2.24, 2.45) is 0 Å². The molecule has 0 unspecified atom stereocenters. The summed E-state index contributed by atoms with van der Waals surface area (Å²) in [7, 11) is 0. The van der Waals surface area contributed by atoms with E-state index in [1.54, 1.807) is 4.90 Å². The highest BCUT2D eigenvalue weighted by molar-refractivity contribution is 5.97. The van der Waals surface area contributed by atoms with Crippen molar-refractivity contribution in [3.63, 3.8) is 0 Å². The van der Waals surface area contributed by atoms with Crippen molar-refractivity contribution in [3.8, 4) is 0 Å². The summed E-state index contributed by atoms with van der Waals surface area (Å²) in [6.45, 7) is 4.45. The molecule has 1 aliphatic rings. The minimum atomic E-state index is 0.0293. The van der Waals surface area contributed by atoms with Gasteiger partial charge in [-0.15, -0.1) is 0 Å². The number of carbonyl (C=O) groups is 2. The Balaban J connectivity index is 1.82.